The number of methoxy groups -OCH3 is 1. The highest BCUT2D eigenvalue weighted by Crippen LogP contribution is 2.32. The van der Waals surface area contributed by atoms with Crippen molar-refractivity contribution in [2.24, 2.45) is 23.5 Å². The van der Waals surface area contributed by atoms with E-state index >= 15 is 0 Å². The molecule has 1 saturated carbocycles. The van der Waals surface area contributed by atoms with Crippen LogP contribution in [0.1, 0.15) is 51.5 Å². The molecule has 31 heavy (non-hydrogen) atoms. The zero-order valence-corrected chi connectivity index (χ0v) is 18.9. The number of rotatable bonds is 11. The molecule has 2 unspecified atom stereocenters. The lowest BCUT2D eigenvalue weighted by Crippen LogP contribution is -2.56. The van der Waals surface area contributed by atoms with Crippen LogP contribution in [-0.4, -0.2) is 43.7 Å². The summed E-state index contributed by atoms with van der Waals surface area (Å²) in [4.78, 5) is 25.5. The van der Waals surface area contributed by atoms with Crippen molar-refractivity contribution >= 4 is 11.8 Å². The van der Waals surface area contributed by atoms with Crippen molar-refractivity contribution in [1.29, 1.82) is 0 Å². The van der Waals surface area contributed by atoms with Gasteiger partial charge in [0, 0.05) is 0 Å². The molecule has 7 nitrogen and oxygen atoms in total. The number of nitrogens with two attached hydrogens (primary N) is 1. The highest BCUT2D eigenvalue weighted by molar-refractivity contribution is 5.85. The summed E-state index contributed by atoms with van der Waals surface area (Å²) >= 11 is 0. The third-order valence-electron chi connectivity index (χ3n) is 6.78. The summed E-state index contributed by atoms with van der Waals surface area (Å²) in [6.07, 6.45) is 4.25. The Morgan fingerprint density at radius 2 is 1.90 bits per heavy atom. The van der Waals surface area contributed by atoms with E-state index < -0.39 is 18.1 Å². The molecule has 7 heteroatoms. The Bertz CT molecular complexity index is 733. The zero-order valence-electron chi connectivity index (χ0n) is 18.9. The van der Waals surface area contributed by atoms with Crippen molar-refractivity contribution in [2.75, 3.05) is 13.7 Å². The first-order valence-electron chi connectivity index (χ1n) is 11.5. The summed E-state index contributed by atoms with van der Waals surface area (Å²) in [5.74, 6) is 1.35. The Morgan fingerprint density at radius 1 is 1.19 bits per heavy atom. The van der Waals surface area contributed by atoms with E-state index in [1.165, 1.54) is 6.42 Å². The lowest BCUT2D eigenvalue weighted by Gasteiger charge is -2.34. The Hall–Kier alpha value is -2.12. The number of carbonyl (C=O) groups excluding carboxylic acids is 2. The largest absolute Gasteiger partial charge is 0.497 e. The van der Waals surface area contributed by atoms with Gasteiger partial charge < -0.3 is 25.8 Å². The van der Waals surface area contributed by atoms with Crippen LogP contribution in [0.4, 0.5) is 0 Å². The van der Waals surface area contributed by atoms with Crippen molar-refractivity contribution in [1.82, 2.24) is 10.6 Å². The number of hydrogen-bond donors (Lipinski definition) is 3. The lowest BCUT2D eigenvalue weighted by molar-refractivity contribution is -0.135. The molecule has 0 radical (unpaired) electrons. The Kier molecular flexibility index (Phi) is 8.32. The zero-order chi connectivity index (χ0) is 22.4. The van der Waals surface area contributed by atoms with Crippen molar-refractivity contribution in [2.45, 2.75) is 70.7 Å². The van der Waals surface area contributed by atoms with E-state index in [4.69, 9.17) is 15.2 Å². The van der Waals surface area contributed by atoms with E-state index in [1.54, 1.807) is 7.11 Å². The average molecular weight is 432 g/mol. The molecule has 1 saturated heterocycles. The monoisotopic (exact) mass is 431 g/mol. The summed E-state index contributed by atoms with van der Waals surface area (Å²) in [7, 11) is 1.62. The Balaban J connectivity index is 1.69. The van der Waals surface area contributed by atoms with Gasteiger partial charge in [-0.1, -0.05) is 45.2 Å². The first-order chi connectivity index (χ1) is 14.9. The van der Waals surface area contributed by atoms with Gasteiger partial charge in [-0.2, -0.15) is 0 Å². The molecule has 4 N–H and O–H groups in total. The second-order valence-corrected chi connectivity index (χ2v) is 9.26. The van der Waals surface area contributed by atoms with Gasteiger partial charge in [0.25, 0.3) is 0 Å². The molecule has 1 aliphatic carbocycles. The number of nitrogens with one attached hydrogen (secondary N) is 2. The maximum atomic E-state index is 13.1. The molecule has 172 valence electrons. The fourth-order valence-corrected chi connectivity index (χ4v) is 4.65. The van der Waals surface area contributed by atoms with Crippen molar-refractivity contribution in [3.05, 3.63) is 29.8 Å². The molecule has 1 aromatic rings. The fraction of sp³-hybridized carbons (Fsp3) is 0.667. The van der Waals surface area contributed by atoms with Crippen LogP contribution in [0.25, 0.3) is 0 Å². The van der Waals surface area contributed by atoms with E-state index in [0.29, 0.717) is 18.3 Å². The summed E-state index contributed by atoms with van der Waals surface area (Å²) in [6.45, 7) is 5.37. The molecule has 0 spiro atoms. The van der Waals surface area contributed by atoms with Crippen molar-refractivity contribution in [3.63, 3.8) is 0 Å². The number of benzene rings is 1. The van der Waals surface area contributed by atoms with Crippen LogP contribution in [0, 0.1) is 17.8 Å². The second kappa shape index (κ2) is 11.0. The molecule has 2 amide bonds. The van der Waals surface area contributed by atoms with Gasteiger partial charge in [-0.3, -0.25) is 9.59 Å². The van der Waals surface area contributed by atoms with Gasteiger partial charge in [-0.15, -0.1) is 0 Å². The van der Waals surface area contributed by atoms with Crippen molar-refractivity contribution in [3.8, 4) is 5.75 Å². The van der Waals surface area contributed by atoms with Crippen LogP contribution in [0.15, 0.2) is 24.3 Å². The number of amides is 2. The Morgan fingerprint density at radius 3 is 2.45 bits per heavy atom. The molecular formula is C24H37N3O4. The minimum atomic E-state index is -0.870. The SMILES string of the molecule is COc1ccc(COC(C(N)=O)C(CC2CCC2)NC(=O)[C@H]2NCC[C@@H]2C(C)C)cc1. The molecule has 1 aliphatic heterocycles. The highest BCUT2D eigenvalue weighted by Gasteiger charge is 2.38. The highest BCUT2D eigenvalue weighted by atomic mass is 16.5. The quantitative estimate of drug-likeness (QED) is 0.499. The number of primary amides is 1. The second-order valence-electron chi connectivity index (χ2n) is 9.26. The van der Waals surface area contributed by atoms with Gasteiger partial charge in [-0.05, 0) is 54.8 Å². The predicted octanol–water partition coefficient (Wildman–Crippen LogP) is 2.37. The van der Waals surface area contributed by atoms with Gasteiger partial charge >= 0.3 is 0 Å². The summed E-state index contributed by atoms with van der Waals surface area (Å²) in [5.41, 5.74) is 6.65. The molecule has 2 fully saturated rings. The molecule has 0 aromatic heterocycles. The number of hydrogen-bond acceptors (Lipinski definition) is 5. The topological polar surface area (TPSA) is 103 Å². The minimum Gasteiger partial charge on any atom is -0.497 e. The predicted molar refractivity (Wildman–Crippen MR) is 119 cm³/mol. The summed E-state index contributed by atoms with van der Waals surface area (Å²) in [5, 5.41) is 6.46. The summed E-state index contributed by atoms with van der Waals surface area (Å²) in [6, 6.07) is 6.83. The fourth-order valence-electron chi connectivity index (χ4n) is 4.65. The molecule has 1 heterocycles. The van der Waals surface area contributed by atoms with Crippen molar-refractivity contribution < 1.29 is 19.1 Å². The standard InChI is InChI=1S/C24H37N3O4/c1-15(2)19-11-12-26-21(19)24(29)27-20(13-16-5-4-6-16)22(23(25)28)31-14-17-7-9-18(30-3)10-8-17/h7-10,15-16,19-22,26H,4-6,11-14H2,1-3H3,(H2,25,28)(H,27,29)/t19-,20?,21+,22?/m1/s1. The van der Waals surface area contributed by atoms with E-state index in [2.05, 4.69) is 24.5 Å². The van der Waals surface area contributed by atoms with Crippen LogP contribution in [0.3, 0.4) is 0 Å². The van der Waals surface area contributed by atoms with Crippen LogP contribution < -0.4 is 21.1 Å². The minimum absolute atomic E-state index is 0.0557. The first-order valence-corrected chi connectivity index (χ1v) is 11.5. The van der Waals surface area contributed by atoms with Crippen LogP contribution in [0.5, 0.6) is 5.75 Å². The van der Waals surface area contributed by atoms with Crippen LogP contribution in [0.2, 0.25) is 0 Å². The van der Waals surface area contributed by atoms with Gasteiger partial charge in [0.05, 0.1) is 25.8 Å². The normalized spacial score (nSPS) is 23.2. The maximum Gasteiger partial charge on any atom is 0.248 e. The number of carbonyl (C=O) groups is 2. The third kappa shape index (κ3) is 6.20. The maximum absolute atomic E-state index is 13.1. The van der Waals surface area contributed by atoms with E-state index in [-0.39, 0.29) is 24.5 Å². The van der Waals surface area contributed by atoms with Gasteiger partial charge in [0.2, 0.25) is 11.8 Å². The van der Waals surface area contributed by atoms with Gasteiger partial charge in [0.15, 0.2) is 6.10 Å². The van der Waals surface area contributed by atoms with Crippen LogP contribution in [-0.2, 0) is 20.9 Å². The lowest BCUT2D eigenvalue weighted by atomic mass is 9.79. The molecule has 3 rings (SSSR count). The van der Waals surface area contributed by atoms with Gasteiger partial charge in [0.1, 0.15) is 5.75 Å². The van der Waals surface area contributed by atoms with Gasteiger partial charge in [-0.25, -0.2) is 0 Å². The Labute approximate surface area is 185 Å². The molecule has 0 bridgehead atoms. The average Bonchev–Trinajstić information content (AvgIpc) is 3.21. The molecule has 4 atom stereocenters. The smallest absolute Gasteiger partial charge is 0.248 e. The molecule has 2 aliphatic rings. The van der Waals surface area contributed by atoms with Crippen LogP contribution >= 0.6 is 0 Å². The molecular weight excluding hydrogens is 394 g/mol. The molecule has 1 aromatic carbocycles. The van der Waals surface area contributed by atoms with E-state index in [0.717, 1.165) is 37.1 Å². The first kappa shape index (κ1) is 23.5. The van der Waals surface area contributed by atoms with E-state index in [9.17, 15) is 9.59 Å². The summed E-state index contributed by atoms with van der Waals surface area (Å²) < 4.78 is 11.2. The number of ether oxygens (including phenoxy) is 2. The van der Waals surface area contributed by atoms with E-state index in [1.807, 2.05) is 24.3 Å². The third-order valence-corrected chi connectivity index (χ3v) is 6.78.